The van der Waals surface area contributed by atoms with Gasteiger partial charge in [-0.1, -0.05) is 6.07 Å². The van der Waals surface area contributed by atoms with Crippen molar-refractivity contribution in [1.29, 1.82) is 0 Å². The van der Waals surface area contributed by atoms with Gasteiger partial charge in [0, 0.05) is 13.1 Å². The van der Waals surface area contributed by atoms with E-state index in [0.717, 1.165) is 25.9 Å². The number of hydrogen-bond acceptors (Lipinski definition) is 4. The lowest BCUT2D eigenvalue weighted by Crippen LogP contribution is -2.33. The van der Waals surface area contributed by atoms with Crippen molar-refractivity contribution in [1.82, 2.24) is 9.62 Å². The first kappa shape index (κ1) is 15.9. The quantitative estimate of drug-likeness (QED) is 0.820. The van der Waals surface area contributed by atoms with Gasteiger partial charge < -0.3 is 10.0 Å². The van der Waals surface area contributed by atoms with E-state index in [1.165, 1.54) is 18.2 Å². The van der Waals surface area contributed by atoms with Gasteiger partial charge in [-0.2, -0.15) is 0 Å². The lowest BCUT2D eigenvalue weighted by Gasteiger charge is -2.15. The SMILES string of the molecule is Cc1ccc(C(=O)O)cc1S(=O)(=O)NCCN1CCCC1. The van der Waals surface area contributed by atoms with Crippen LogP contribution in [-0.2, 0) is 10.0 Å². The van der Waals surface area contributed by atoms with Gasteiger partial charge in [-0.3, -0.25) is 0 Å². The van der Waals surface area contributed by atoms with E-state index in [2.05, 4.69) is 9.62 Å². The van der Waals surface area contributed by atoms with Crippen LogP contribution >= 0.6 is 0 Å². The monoisotopic (exact) mass is 312 g/mol. The third kappa shape index (κ3) is 4.03. The first-order valence-electron chi connectivity index (χ1n) is 6.96. The first-order chi connectivity index (χ1) is 9.90. The summed E-state index contributed by atoms with van der Waals surface area (Å²) in [6.45, 7) is 4.68. The Bertz CT molecular complexity index is 622. The van der Waals surface area contributed by atoms with E-state index in [4.69, 9.17) is 5.11 Å². The lowest BCUT2D eigenvalue weighted by molar-refractivity contribution is 0.0696. The number of benzene rings is 1. The van der Waals surface area contributed by atoms with Crippen LogP contribution in [-0.4, -0.2) is 50.6 Å². The van der Waals surface area contributed by atoms with Crippen molar-refractivity contribution < 1.29 is 18.3 Å². The number of nitrogens with one attached hydrogen (secondary N) is 1. The fraction of sp³-hybridized carbons (Fsp3) is 0.500. The highest BCUT2D eigenvalue weighted by molar-refractivity contribution is 7.89. The van der Waals surface area contributed by atoms with Crippen molar-refractivity contribution in [2.75, 3.05) is 26.2 Å². The third-order valence-corrected chi connectivity index (χ3v) is 5.25. The number of carboxylic acids is 1. The molecule has 0 bridgehead atoms. The Balaban J connectivity index is 2.07. The second kappa shape index (κ2) is 6.55. The number of aromatic carboxylic acids is 1. The van der Waals surface area contributed by atoms with Crippen molar-refractivity contribution in [2.45, 2.75) is 24.7 Å². The minimum absolute atomic E-state index is 0.0273. The van der Waals surface area contributed by atoms with E-state index in [9.17, 15) is 13.2 Å². The maximum absolute atomic E-state index is 12.3. The molecule has 1 heterocycles. The highest BCUT2D eigenvalue weighted by Crippen LogP contribution is 2.17. The van der Waals surface area contributed by atoms with Crippen LogP contribution in [0.4, 0.5) is 0 Å². The predicted octanol–water partition coefficient (Wildman–Crippen LogP) is 1.07. The number of sulfonamides is 1. The van der Waals surface area contributed by atoms with Crippen LogP contribution in [0.3, 0.4) is 0 Å². The van der Waals surface area contributed by atoms with Crippen molar-refractivity contribution >= 4 is 16.0 Å². The van der Waals surface area contributed by atoms with E-state index < -0.39 is 16.0 Å². The van der Waals surface area contributed by atoms with Gasteiger partial charge >= 0.3 is 5.97 Å². The molecule has 0 radical (unpaired) electrons. The van der Waals surface area contributed by atoms with Crippen LogP contribution in [0.5, 0.6) is 0 Å². The van der Waals surface area contributed by atoms with Gasteiger partial charge in [0.1, 0.15) is 0 Å². The van der Waals surface area contributed by atoms with Crippen LogP contribution in [0.2, 0.25) is 0 Å². The Hall–Kier alpha value is -1.44. The number of carboxylic acid groups (broad SMARTS) is 1. The fourth-order valence-electron chi connectivity index (χ4n) is 2.44. The average molecular weight is 312 g/mol. The van der Waals surface area contributed by atoms with Crippen LogP contribution < -0.4 is 4.72 Å². The van der Waals surface area contributed by atoms with Crippen molar-refractivity contribution in [2.24, 2.45) is 0 Å². The summed E-state index contributed by atoms with van der Waals surface area (Å²) in [5.74, 6) is -1.14. The molecular weight excluding hydrogens is 292 g/mol. The number of nitrogens with zero attached hydrogens (tertiary/aromatic N) is 1. The molecule has 6 nitrogen and oxygen atoms in total. The fourth-order valence-corrected chi connectivity index (χ4v) is 3.73. The van der Waals surface area contributed by atoms with Crippen molar-refractivity contribution in [3.05, 3.63) is 29.3 Å². The highest BCUT2D eigenvalue weighted by atomic mass is 32.2. The second-order valence-electron chi connectivity index (χ2n) is 5.23. The van der Waals surface area contributed by atoms with Gasteiger partial charge in [-0.15, -0.1) is 0 Å². The minimum atomic E-state index is -3.68. The zero-order valence-electron chi connectivity index (χ0n) is 12.0. The largest absolute Gasteiger partial charge is 0.478 e. The Labute approximate surface area is 124 Å². The smallest absolute Gasteiger partial charge is 0.335 e. The first-order valence-corrected chi connectivity index (χ1v) is 8.44. The normalized spacial score (nSPS) is 16.2. The Kier molecular flexibility index (Phi) is 4.97. The number of hydrogen-bond donors (Lipinski definition) is 2. The number of carbonyl (C=O) groups is 1. The molecule has 0 atom stereocenters. The van der Waals surface area contributed by atoms with Crippen LogP contribution in [0.25, 0.3) is 0 Å². The minimum Gasteiger partial charge on any atom is -0.478 e. The molecule has 2 rings (SSSR count). The molecule has 0 saturated carbocycles. The standard InChI is InChI=1S/C14H20N2O4S/c1-11-4-5-12(14(17)18)10-13(11)21(19,20)15-6-9-16-7-2-3-8-16/h4-5,10,15H,2-3,6-9H2,1H3,(H,17,18). The molecule has 1 fully saturated rings. The van der Waals surface area contributed by atoms with Crippen LogP contribution in [0, 0.1) is 6.92 Å². The Morgan fingerprint density at radius 2 is 2.00 bits per heavy atom. The molecule has 0 amide bonds. The van der Waals surface area contributed by atoms with E-state index in [0.29, 0.717) is 18.7 Å². The molecule has 1 aromatic rings. The summed E-state index contributed by atoms with van der Waals surface area (Å²) in [5.41, 5.74) is 0.509. The summed E-state index contributed by atoms with van der Waals surface area (Å²) < 4.78 is 27.1. The molecule has 21 heavy (non-hydrogen) atoms. The molecule has 116 valence electrons. The lowest BCUT2D eigenvalue weighted by atomic mass is 10.1. The summed E-state index contributed by atoms with van der Waals surface area (Å²) in [4.78, 5) is 13.2. The molecule has 1 aliphatic heterocycles. The molecule has 0 aromatic heterocycles. The number of aryl methyl sites for hydroxylation is 1. The molecule has 1 aromatic carbocycles. The maximum Gasteiger partial charge on any atom is 0.335 e. The Morgan fingerprint density at radius 3 is 2.62 bits per heavy atom. The van der Waals surface area contributed by atoms with Crippen LogP contribution in [0.15, 0.2) is 23.1 Å². The average Bonchev–Trinajstić information content (AvgIpc) is 2.91. The van der Waals surface area contributed by atoms with Gasteiger partial charge in [0.2, 0.25) is 10.0 Å². The second-order valence-corrected chi connectivity index (χ2v) is 6.97. The summed E-state index contributed by atoms with van der Waals surface area (Å²) in [5, 5.41) is 8.96. The van der Waals surface area contributed by atoms with Gasteiger partial charge in [0.15, 0.2) is 0 Å². The zero-order chi connectivity index (χ0) is 15.5. The van der Waals surface area contributed by atoms with E-state index in [-0.39, 0.29) is 10.5 Å². The molecule has 0 unspecified atom stereocenters. The molecular formula is C14H20N2O4S. The molecule has 0 spiro atoms. The Morgan fingerprint density at radius 1 is 1.33 bits per heavy atom. The zero-order valence-corrected chi connectivity index (χ0v) is 12.8. The number of rotatable bonds is 6. The summed E-state index contributed by atoms with van der Waals surface area (Å²) in [6.07, 6.45) is 2.32. The van der Waals surface area contributed by atoms with Crippen molar-refractivity contribution in [3.63, 3.8) is 0 Å². The molecule has 1 aliphatic rings. The van der Waals surface area contributed by atoms with Crippen LogP contribution in [0.1, 0.15) is 28.8 Å². The molecule has 0 aliphatic carbocycles. The molecule has 2 N–H and O–H groups in total. The van der Waals surface area contributed by atoms with Crippen molar-refractivity contribution in [3.8, 4) is 0 Å². The summed E-state index contributed by atoms with van der Waals surface area (Å²) in [7, 11) is -3.68. The summed E-state index contributed by atoms with van der Waals surface area (Å²) in [6, 6.07) is 4.12. The molecule has 7 heteroatoms. The number of likely N-dealkylation sites (tertiary alicyclic amines) is 1. The van der Waals surface area contributed by atoms with Gasteiger partial charge in [0.05, 0.1) is 10.5 Å². The van der Waals surface area contributed by atoms with E-state index in [1.54, 1.807) is 6.92 Å². The van der Waals surface area contributed by atoms with Gasteiger partial charge in [0.25, 0.3) is 0 Å². The maximum atomic E-state index is 12.3. The summed E-state index contributed by atoms with van der Waals surface area (Å²) >= 11 is 0. The van der Waals surface area contributed by atoms with Gasteiger partial charge in [-0.05, 0) is 50.6 Å². The predicted molar refractivity (Wildman–Crippen MR) is 79.0 cm³/mol. The topological polar surface area (TPSA) is 86.7 Å². The molecule has 1 saturated heterocycles. The van der Waals surface area contributed by atoms with E-state index in [1.807, 2.05) is 0 Å². The van der Waals surface area contributed by atoms with Gasteiger partial charge in [-0.25, -0.2) is 17.9 Å². The van der Waals surface area contributed by atoms with E-state index >= 15 is 0 Å². The highest BCUT2D eigenvalue weighted by Gasteiger charge is 2.19. The third-order valence-electron chi connectivity index (χ3n) is 3.64.